The van der Waals surface area contributed by atoms with E-state index in [4.69, 9.17) is 16.3 Å². The van der Waals surface area contributed by atoms with E-state index in [1.165, 1.54) is 5.56 Å². The van der Waals surface area contributed by atoms with E-state index in [2.05, 4.69) is 42.6 Å². The fraction of sp³-hybridized carbons (Fsp3) is 0.294. The van der Waals surface area contributed by atoms with E-state index in [0.717, 1.165) is 27.5 Å². The molecule has 1 N–H and O–H groups in total. The van der Waals surface area contributed by atoms with Crippen LogP contribution in [0.5, 0.6) is 5.75 Å². The molecule has 1 atom stereocenters. The van der Waals surface area contributed by atoms with Gasteiger partial charge in [0.25, 0.3) is 0 Å². The van der Waals surface area contributed by atoms with E-state index in [1.807, 2.05) is 20.0 Å². The van der Waals surface area contributed by atoms with Gasteiger partial charge in [-0.2, -0.15) is 0 Å². The van der Waals surface area contributed by atoms with Crippen molar-refractivity contribution >= 4 is 11.6 Å². The minimum absolute atomic E-state index is 0.314. The Morgan fingerprint density at radius 3 is 2.60 bits per heavy atom. The first-order valence-electron chi connectivity index (χ1n) is 6.68. The first-order valence-corrected chi connectivity index (χ1v) is 7.06. The van der Waals surface area contributed by atoms with Gasteiger partial charge in [-0.1, -0.05) is 29.8 Å². The lowest BCUT2D eigenvalue weighted by atomic mass is 9.98. The van der Waals surface area contributed by atoms with Crippen molar-refractivity contribution in [2.75, 3.05) is 14.2 Å². The monoisotopic (exact) mass is 289 g/mol. The maximum absolute atomic E-state index is 6.17. The van der Waals surface area contributed by atoms with Crippen molar-refractivity contribution in [3.63, 3.8) is 0 Å². The summed E-state index contributed by atoms with van der Waals surface area (Å²) in [6, 6.07) is 12.7. The fourth-order valence-electron chi connectivity index (χ4n) is 2.20. The van der Waals surface area contributed by atoms with E-state index in [9.17, 15) is 0 Å². The molecule has 20 heavy (non-hydrogen) atoms. The summed E-state index contributed by atoms with van der Waals surface area (Å²) in [6.07, 6.45) is 0. The number of aryl methyl sites for hydroxylation is 1. The van der Waals surface area contributed by atoms with Crippen molar-refractivity contribution in [3.8, 4) is 16.9 Å². The maximum atomic E-state index is 6.17. The minimum Gasteiger partial charge on any atom is -0.496 e. The van der Waals surface area contributed by atoms with Gasteiger partial charge in [-0.3, -0.25) is 0 Å². The second kappa shape index (κ2) is 6.29. The van der Waals surface area contributed by atoms with E-state index in [0.29, 0.717) is 6.04 Å². The predicted molar refractivity (Wildman–Crippen MR) is 85.7 cm³/mol. The summed E-state index contributed by atoms with van der Waals surface area (Å²) in [4.78, 5) is 0. The van der Waals surface area contributed by atoms with Crippen molar-refractivity contribution in [1.29, 1.82) is 0 Å². The Morgan fingerprint density at radius 2 is 1.95 bits per heavy atom. The number of hydrogen-bond donors (Lipinski definition) is 1. The number of halogens is 1. The molecule has 0 aliphatic heterocycles. The smallest absolute Gasteiger partial charge is 0.128 e. The molecule has 0 radical (unpaired) electrons. The molecule has 3 heteroatoms. The van der Waals surface area contributed by atoms with Crippen LogP contribution in [0.25, 0.3) is 11.1 Å². The third-order valence-corrected chi connectivity index (χ3v) is 4.02. The molecular formula is C17H20ClNO. The highest BCUT2D eigenvalue weighted by molar-refractivity contribution is 6.31. The van der Waals surface area contributed by atoms with Gasteiger partial charge in [-0.25, -0.2) is 0 Å². The zero-order valence-electron chi connectivity index (χ0n) is 12.3. The zero-order valence-corrected chi connectivity index (χ0v) is 13.1. The molecule has 106 valence electrons. The SMILES string of the molecule is CNC(C)c1cccc(-c2cc(C)c(Cl)cc2OC)c1. The Labute approximate surface area is 125 Å². The van der Waals surface area contributed by atoms with Gasteiger partial charge >= 0.3 is 0 Å². The summed E-state index contributed by atoms with van der Waals surface area (Å²) in [5.74, 6) is 0.801. The lowest BCUT2D eigenvalue weighted by molar-refractivity contribution is 0.416. The van der Waals surface area contributed by atoms with Crippen LogP contribution >= 0.6 is 11.6 Å². The minimum atomic E-state index is 0.314. The topological polar surface area (TPSA) is 21.3 Å². The van der Waals surface area contributed by atoms with Crippen LogP contribution in [-0.4, -0.2) is 14.2 Å². The van der Waals surface area contributed by atoms with Gasteiger partial charge in [-0.05, 0) is 55.8 Å². The Balaban J connectivity index is 2.53. The van der Waals surface area contributed by atoms with E-state index in [-0.39, 0.29) is 0 Å². The molecule has 0 aliphatic rings. The Hall–Kier alpha value is -1.51. The van der Waals surface area contributed by atoms with E-state index < -0.39 is 0 Å². The molecule has 0 fully saturated rings. The second-order valence-corrected chi connectivity index (χ2v) is 5.34. The number of benzene rings is 2. The Kier molecular flexibility index (Phi) is 4.69. The molecule has 1 unspecified atom stereocenters. The van der Waals surface area contributed by atoms with Crippen molar-refractivity contribution < 1.29 is 4.74 Å². The highest BCUT2D eigenvalue weighted by Gasteiger charge is 2.11. The van der Waals surface area contributed by atoms with Crippen LogP contribution in [0.3, 0.4) is 0 Å². The summed E-state index contributed by atoms with van der Waals surface area (Å²) in [7, 11) is 3.63. The fourth-order valence-corrected chi connectivity index (χ4v) is 2.35. The molecular weight excluding hydrogens is 270 g/mol. The molecule has 0 spiro atoms. The van der Waals surface area contributed by atoms with Gasteiger partial charge in [0.05, 0.1) is 7.11 Å². The number of hydrogen-bond acceptors (Lipinski definition) is 2. The van der Waals surface area contributed by atoms with Crippen molar-refractivity contribution in [3.05, 3.63) is 52.5 Å². The van der Waals surface area contributed by atoms with Crippen LogP contribution in [0.15, 0.2) is 36.4 Å². The van der Waals surface area contributed by atoms with Crippen LogP contribution in [0.1, 0.15) is 24.1 Å². The highest BCUT2D eigenvalue weighted by Crippen LogP contribution is 2.35. The maximum Gasteiger partial charge on any atom is 0.128 e. The van der Waals surface area contributed by atoms with Crippen LogP contribution < -0.4 is 10.1 Å². The third kappa shape index (κ3) is 2.97. The summed E-state index contributed by atoms with van der Waals surface area (Å²) in [5.41, 5.74) is 4.51. The molecule has 0 aromatic heterocycles. The highest BCUT2D eigenvalue weighted by atomic mass is 35.5. The largest absolute Gasteiger partial charge is 0.496 e. The first kappa shape index (κ1) is 14.9. The first-order chi connectivity index (χ1) is 9.56. The molecule has 0 aliphatic carbocycles. The second-order valence-electron chi connectivity index (χ2n) is 4.94. The molecule has 0 amide bonds. The molecule has 2 nitrogen and oxygen atoms in total. The molecule has 0 saturated carbocycles. The lowest BCUT2D eigenvalue weighted by Crippen LogP contribution is -2.12. The summed E-state index contributed by atoms with van der Waals surface area (Å²) in [5, 5.41) is 3.98. The molecule has 2 aromatic rings. The lowest BCUT2D eigenvalue weighted by Gasteiger charge is -2.15. The number of rotatable bonds is 4. The van der Waals surface area contributed by atoms with Gasteiger partial charge in [0.1, 0.15) is 5.75 Å². The zero-order chi connectivity index (χ0) is 14.7. The van der Waals surface area contributed by atoms with Crippen LogP contribution in [-0.2, 0) is 0 Å². The summed E-state index contributed by atoms with van der Waals surface area (Å²) < 4.78 is 5.46. The van der Waals surface area contributed by atoms with Crippen molar-refractivity contribution in [1.82, 2.24) is 5.32 Å². The third-order valence-electron chi connectivity index (χ3n) is 3.61. The van der Waals surface area contributed by atoms with Crippen LogP contribution in [0.4, 0.5) is 0 Å². The Bertz CT molecular complexity index is 610. The Morgan fingerprint density at radius 1 is 1.20 bits per heavy atom. The van der Waals surface area contributed by atoms with Crippen molar-refractivity contribution in [2.45, 2.75) is 19.9 Å². The summed E-state index contributed by atoms with van der Waals surface area (Å²) >= 11 is 6.17. The van der Waals surface area contributed by atoms with E-state index in [1.54, 1.807) is 7.11 Å². The molecule has 2 aromatic carbocycles. The molecule has 0 saturated heterocycles. The number of methoxy groups -OCH3 is 1. The van der Waals surface area contributed by atoms with Gasteiger partial charge < -0.3 is 10.1 Å². The summed E-state index contributed by atoms with van der Waals surface area (Å²) in [6.45, 7) is 4.15. The molecule has 2 rings (SSSR count). The van der Waals surface area contributed by atoms with Gasteiger partial charge in [0.15, 0.2) is 0 Å². The molecule has 0 bridgehead atoms. The average Bonchev–Trinajstić information content (AvgIpc) is 2.48. The van der Waals surface area contributed by atoms with Gasteiger partial charge in [0, 0.05) is 16.6 Å². The van der Waals surface area contributed by atoms with Crippen LogP contribution in [0, 0.1) is 6.92 Å². The number of nitrogens with one attached hydrogen (secondary N) is 1. The van der Waals surface area contributed by atoms with Gasteiger partial charge in [0.2, 0.25) is 0 Å². The average molecular weight is 290 g/mol. The standard InChI is InChI=1S/C17H20ClNO/c1-11-8-15(17(20-4)10-16(11)18)14-7-5-6-13(9-14)12(2)19-3/h5-10,12,19H,1-4H3. The van der Waals surface area contributed by atoms with Gasteiger partial charge in [-0.15, -0.1) is 0 Å². The number of ether oxygens (including phenoxy) is 1. The normalized spacial score (nSPS) is 12.2. The quantitative estimate of drug-likeness (QED) is 0.888. The van der Waals surface area contributed by atoms with E-state index >= 15 is 0 Å². The predicted octanol–water partition coefficient (Wildman–Crippen LogP) is 4.60. The van der Waals surface area contributed by atoms with Crippen molar-refractivity contribution in [2.24, 2.45) is 0 Å². The van der Waals surface area contributed by atoms with Crippen LogP contribution in [0.2, 0.25) is 5.02 Å². The molecule has 0 heterocycles.